The summed E-state index contributed by atoms with van der Waals surface area (Å²) in [5.74, 6) is -9.41. The lowest BCUT2D eigenvalue weighted by Crippen LogP contribution is -2.60. The molecule has 1 aromatic carbocycles. The second-order valence-corrected chi connectivity index (χ2v) is 18.0. The Balaban J connectivity index is 1.25. The van der Waals surface area contributed by atoms with Gasteiger partial charge in [-0.3, -0.25) is 19.1 Å². The summed E-state index contributed by atoms with van der Waals surface area (Å²) in [7, 11) is -4.20. The average molecular weight is 811 g/mol. The molecule has 0 radical (unpaired) electrons. The number of benzene rings is 1. The molecular weight excluding hydrogens is 768 g/mol. The molecule has 2 bridgehead atoms. The molecule has 2 aliphatic heterocycles. The van der Waals surface area contributed by atoms with Crippen LogP contribution >= 0.6 is 0 Å². The molecule has 3 saturated carbocycles. The van der Waals surface area contributed by atoms with Crippen LogP contribution in [0.25, 0.3) is 11.0 Å². The standard InChI is InChI=1S/C36H42F4N6O9S/c1-34(2,3)27-31(48)46-17-18(15-23(46)29(47)44-35(16-20(35)28(37)38)32(49)45-56(51,52)19-9-10-19)54-30-26(41-21-7-4-5-8-22(21)42-30)36(39,40)13-6-14-53-24-11-12-25(24)55-33(50)43-27/h4-8,13,18-20,23-25,27-28H,9-12,14-17H2,1-3H3,(H,43,50)(H,44,47)(H,45,49)/b13-6-/t18-,20+,23+,24-,25-,27-,35-/m1/s1. The maximum Gasteiger partial charge on any atom is 0.408 e. The Hall–Kier alpha value is -4.59. The summed E-state index contributed by atoms with van der Waals surface area (Å²) in [6.07, 6.45) is -4.60. The van der Waals surface area contributed by atoms with Crippen LogP contribution < -0.4 is 20.1 Å². The van der Waals surface area contributed by atoms with E-state index in [0.717, 1.165) is 11.0 Å². The molecule has 2 aromatic rings. The van der Waals surface area contributed by atoms with Gasteiger partial charge in [0.1, 0.15) is 29.8 Å². The van der Waals surface area contributed by atoms with Crippen molar-refractivity contribution in [2.75, 3.05) is 13.2 Å². The van der Waals surface area contributed by atoms with Crippen LogP contribution in [0.1, 0.15) is 65.0 Å². The van der Waals surface area contributed by atoms with Crippen LogP contribution in [0.2, 0.25) is 0 Å². The van der Waals surface area contributed by atoms with Crippen molar-refractivity contribution in [2.45, 2.75) is 113 Å². The minimum absolute atomic E-state index is 0.130. The van der Waals surface area contributed by atoms with Gasteiger partial charge in [-0.15, -0.1) is 0 Å². The second-order valence-electron chi connectivity index (χ2n) is 16.0. The van der Waals surface area contributed by atoms with Gasteiger partial charge in [0.15, 0.2) is 5.69 Å². The van der Waals surface area contributed by atoms with Crippen LogP contribution in [0.15, 0.2) is 36.4 Å². The number of aromatic nitrogens is 2. The van der Waals surface area contributed by atoms with Crippen LogP contribution in [0.5, 0.6) is 5.88 Å². The summed E-state index contributed by atoms with van der Waals surface area (Å²) in [6, 6.07) is 3.27. The molecule has 7 rings (SSSR count). The number of carbonyl (C=O) groups excluding carboxylic acids is 4. The molecule has 0 spiro atoms. The Morgan fingerprint density at radius 1 is 1.02 bits per heavy atom. The smallest absolute Gasteiger partial charge is 0.408 e. The number of ether oxygens (including phenoxy) is 3. The van der Waals surface area contributed by atoms with E-state index in [4.69, 9.17) is 14.2 Å². The zero-order valence-electron chi connectivity index (χ0n) is 30.7. The molecule has 20 heteroatoms. The van der Waals surface area contributed by atoms with E-state index in [1.54, 1.807) is 32.9 Å². The first-order valence-electron chi connectivity index (χ1n) is 18.3. The molecule has 3 N–H and O–H groups in total. The van der Waals surface area contributed by atoms with E-state index >= 15 is 8.78 Å². The Morgan fingerprint density at radius 2 is 1.70 bits per heavy atom. The number of rotatable bonds is 6. The molecule has 0 unspecified atom stereocenters. The number of para-hydroxylation sites is 2. The first-order chi connectivity index (χ1) is 26.3. The number of sulfonamides is 1. The lowest BCUT2D eigenvalue weighted by Gasteiger charge is -2.38. The summed E-state index contributed by atoms with van der Waals surface area (Å²) in [5, 5.41) is 4.02. The number of hydrogen-bond acceptors (Lipinski definition) is 11. The number of nitrogens with zero attached hydrogens (tertiary/aromatic N) is 3. The molecule has 1 aromatic heterocycles. The number of hydrogen-bond donors (Lipinski definition) is 3. The summed E-state index contributed by atoms with van der Waals surface area (Å²) in [5.41, 5.74) is -3.89. The Bertz CT molecular complexity index is 2060. The van der Waals surface area contributed by atoms with E-state index in [1.165, 1.54) is 12.1 Å². The van der Waals surface area contributed by atoms with Crippen molar-refractivity contribution >= 4 is 44.9 Å². The number of allylic oxidation sites excluding steroid dienone is 1. The van der Waals surface area contributed by atoms with Gasteiger partial charge in [0.05, 0.1) is 41.5 Å². The number of halogens is 4. The van der Waals surface area contributed by atoms with Crippen molar-refractivity contribution in [3.63, 3.8) is 0 Å². The van der Waals surface area contributed by atoms with Gasteiger partial charge < -0.3 is 29.7 Å². The molecule has 4 amide bonds. The quantitative estimate of drug-likeness (QED) is 0.287. The van der Waals surface area contributed by atoms with Crippen molar-refractivity contribution in [2.24, 2.45) is 11.3 Å². The van der Waals surface area contributed by atoms with Gasteiger partial charge in [-0.1, -0.05) is 39.0 Å². The van der Waals surface area contributed by atoms with Gasteiger partial charge in [-0.05, 0) is 55.7 Å². The summed E-state index contributed by atoms with van der Waals surface area (Å²) in [6.45, 7) is 4.21. The van der Waals surface area contributed by atoms with E-state index in [9.17, 15) is 36.4 Å². The summed E-state index contributed by atoms with van der Waals surface area (Å²) in [4.78, 5) is 64.7. The maximum absolute atomic E-state index is 16.0. The van der Waals surface area contributed by atoms with E-state index in [0.29, 0.717) is 18.9 Å². The number of nitrogens with one attached hydrogen (secondary N) is 3. The Kier molecular flexibility index (Phi) is 10.2. The molecule has 304 valence electrons. The third kappa shape index (κ3) is 7.86. The van der Waals surface area contributed by atoms with E-state index < -0.39 is 130 Å². The first kappa shape index (κ1) is 39.6. The molecule has 5 aliphatic rings. The third-order valence-electron chi connectivity index (χ3n) is 10.8. The van der Waals surface area contributed by atoms with Crippen LogP contribution in [-0.2, 0) is 39.8 Å². The van der Waals surface area contributed by atoms with Crippen LogP contribution in [0.4, 0.5) is 22.4 Å². The molecule has 3 heterocycles. The highest BCUT2D eigenvalue weighted by molar-refractivity contribution is 7.91. The predicted molar refractivity (Wildman–Crippen MR) is 188 cm³/mol. The highest BCUT2D eigenvalue weighted by Gasteiger charge is 2.67. The number of amides is 4. The van der Waals surface area contributed by atoms with E-state index in [-0.39, 0.29) is 30.5 Å². The number of alkyl carbamates (subject to hydrolysis) is 1. The van der Waals surface area contributed by atoms with Gasteiger partial charge in [-0.25, -0.2) is 32.0 Å². The fourth-order valence-corrected chi connectivity index (χ4v) is 8.54. The molecular formula is C36H42F4N6O9S. The fourth-order valence-electron chi connectivity index (χ4n) is 7.18. The third-order valence-corrected chi connectivity index (χ3v) is 12.6. The van der Waals surface area contributed by atoms with Gasteiger partial charge in [-0.2, -0.15) is 8.78 Å². The van der Waals surface area contributed by atoms with Crippen molar-refractivity contribution < 1.29 is 59.4 Å². The maximum atomic E-state index is 16.0. The van der Waals surface area contributed by atoms with Gasteiger partial charge in [0.25, 0.3) is 5.91 Å². The minimum atomic E-state index is -4.20. The molecule has 7 atom stereocenters. The Morgan fingerprint density at radius 3 is 2.30 bits per heavy atom. The molecule has 56 heavy (non-hydrogen) atoms. The SMILES string of the molecule is CC(C)(C)[C@@H]1NC(=O)O[C@@H]2CC[C@H]2OC/C=C\C(F)(F)c2nc3ccccc3nc2O[C@@H]2C[C@@H](C(=O)N[C@]3(C(=O)NS(=O)(=O)C4CC4)C[C@H]3C(F)F)N(C2)C1=O. The van der Waals surface area contributed by atoms with E-state index in [1.807, 2.05) is 4.72 Å². The van der Waals surface area contributed by atoms with Crippen LogP contribution in [0.3, 0.4) is 0 Å². The zero-order valence-corrected chi connectivity index (χ0v) is 31.5. The van der Waals surface area contributed by atoms with Crippen molar-refractivity contribution in [3.05, 3.63) is 42.1 Å². The van der Waals surface area contributed by atoms with Gasteiger partial charge in [0, 0.05) is 6.42 Å². The fraction of sp³-hybridized carbons (Fsp3) is 0.611. The molecule has 3 aliphatic carbocycles. The van der Waals surface area contributed by atoms with Crippen LogP contribution in [-0.4, -0.2) is 108 Å². The topological polar surface area (TPSA) is 195 Å². The predicted octanol–water partition coefficient (Wildman–Crippen LogP) is 3.08. The lowest BCUT2D eigenvalue weighted by molar-refractivity contribution is -0.143. The minimum Gasteiger partial charge on any atom is -0.471 e. The number of carbonyl (C=O) groups is 4. The molecule has 15 nitrogen and oxygen atoms in total. The van der Waals surface area contributed by atoms with Gasteiger partial charge in [0.2, 0.25) is 34.1 Å². The molecule has 4 fully saturated rings. The van der Waals surface area contributed by atoms with E-state index in [2.05, 4.69) is 20.6 Å². The largest absolute Gasteiger partial charge is 0.471 e. The lowest BCUT2D eigenvalue weighted by atomic mass is 9.85. The zero-order chi connectivity index (χ0) is 40.4. The first-order valence-corrected chi connectivity index (χ1v) is 19.9. The number of alkyl halides is 4. The highest BCUT2D eigenvalue weighted by Crippen LogP contribution is 2.48. The monoisotopic (exact) mass is 810 g/mol. The van der Waals surface area contributed by atoms with Crippen molar-refractivity contribution in [1.82, 2.24) is 30.2 Å². The second kappa shape index (κ2) is 14.4. The molecule has 1 saturated heterocycles. The number of fused-ring (bicyclic) bond motifs is 5. The summed E-state index contributed by atoms with van der Waals surface area (Å²) < 4.78 is 105. The van der Waals surface area contributed by atoms with Crippen molar-refractivity contribution in [3.8, 4) is 5.88 Å². The Labute approximate surface area is 319 Å². The van der Waals surface area contributed by atoms with Crippen LogP contribution in [0, 0.1) is 11.3 Å². The van der Waals surface area contributed by atoms with Crippen molar-refractivity contribution in [1.29, 1.82) is 0 Å². The van der Waals surface area contributed by atoms with Gasteiger partial charge >= 0.3 is 12.0 Å². The highest BCUT2D eigenvalue weighted by atomic mass is 32.2. The normalized spacial score (nSPS) is 31.3. The summed E-state index contributed by atoms with van der Waals surface area (Å²) >= 11 is 0. The average Bonchev–Trinajstić information content (AvgIpc) is 4.04.